The van der Waals surface area contributed by atoms with Crippen LogP contribution in [0.3, 0.4) is 0 Å². The van der Waals surface area contributed by atoms with Crippen LogP contribution in [0.4, 0.5) is 0 Å². The summed E-state index contributed by atoms with van der Waals surface area (Å²) in [4.78, 5) is 0. The zero-order valence-corrected chi connectivity index (χ0v) is 9.63. The Morgan fingerprint density at radius 1 is 1.43 bits per heavy atom. The molecule has 0 aliphatic carbocycles. The zero-order chi connectivity index (χ0) is 10.3. The Morgan fingerprint density at radius 2 is 2.14 bits per heavy atom. The van der Waals surface area contributed by atoms with Gasteiger partial charge in [0.05, 0.1) is 10.6 Å². The number of benzene rings is 1. The van der Waals surface area contributed by atoms with Crippen LogP contribution < -0.4 is 0 Å². The van der Waals surface area contributed by atoms with Crippen molar-refractivity contribution in [3.05, 3.63) is 34.0 Å². The number of hydrogen-bond donors (Lipinski definition) is 1. The van der Waals surface area contributed by atoms with Crippen LogP contribution in [-0.4, -0.2) is 5.11 Å². The molecule has 0 saturated carbocycles. The molecule has 0 unspecified atom stereocenters. The maximum Gasteiger partial charge on any atom is 0.141 e. The van der Waals surface area contributed by atoms with E-state index in [2.05, 4.69) is 15.9 Å². The molecule has 2 rings (SSSR count). The van der Waals surface area contributed by atoms with Crippen LogP contribution in [-0.2, 0) is 0 Å². The van der Waals surface area contributed by atoms with Crippen LogP contribution in [0.1, 0.15) is 24.4 Å². The van der Waals surface area contributed by atoms with Gasteiger partial charge < -0.3 is 9.52 Å². The lowest BCUT2D eigenvalue weighted by atomic mass is 10.1. The molecular weight excluding hydrogens is 244 g/mol. The molecule has 1 N–H and O–H groups in total. The van der Waals surface area contributed by atoms with Crippen LogP contribution in [0, 0.1) is 6.92 Å². The van der Waals surface area contributed by atoms with E-state index in [0.717, 1.165) is 26.8 Å². The first-order valence-corrected chi connectivity index (χ1v) is 5.26. The summed E-state index contributed by atoms with van der Waals surface area (Å²) in [5.41, 5.74) is 1.60. The van der Waals surface area contributed by atoms with Gasteiger partial charge in [-0.05, 0) is 35.8 Å². The number of furan rings is 1. The lowest BCUT2D eigenvalue weighted by molar-refractivity contribution is 0.199. The molecule has 1 atom stereocenters. The summed E-state index contributed by atoms with van der Waals surface area (Å²) in [6, 6.07) is 5.77. The minimum atomic E-state index is -0.504. The van der Waals surface area contributed by atoms with Crippen molar-refractivity contribution in [3.63, 3.8) is 0 Å². The van der Waals surface area contributed by atoms with Crippen LogP contribution in [0.25, 0.3) is 11.0 Å². The first-order chi connectivity index (χ1) is 6.61. The first-order valence-electron chi connectivity index (χ1n) is 4.47. The molecule has 0 saturated heterocycles. The summed E-state index contributed by atoms with van der Waals surface area (Å²) in [5, 5.41) is 10.6. The molecule has 0 bridgehead atoms. The maximum absolute atomic E-state index is 9.55. The molecule has 14 heavy (non-hydrogen) atoms. The van der Waals surface area contributed by atoms with E-state index >= 15 is 0 Å². The Balaban J connectivity index is 2.81. The van der Waals surface area contributed by atoms with Gasteiger partial charge >= 0.3 is 0 Å². The molecule has 1 aromatic heterocycles. The molecule has 0 radical (unpaired) electrons. The summed E-state index contributed by atoms with van der Waals surface area (Å²) in [7, 11) is 0. The highest BCUT2D eigenvalue weighted by molar-refractivity contribution is 9.10. The number of para-hydroxylation sites is 1. The average Bonchev–Trinajstić information content (AvgIpc) is 2.43. The molecule has 0 amide bonds. The van der Waals surface area contributed by atoms with E-state index in [0.29, 0.717) is 0 Å². The van der Waals surface area contributed by atoms with Crippen molar-refractivity contribution in [2.24, 2.45) is 0 Å². The van der Waals surface area contributed by atoms with E-state index in [1.807, 2.05) is 25.1 Å². The number of aliphatic hydroxyl groups is 1. The fourth-order valence-electron chi connectivity index (χ4n) is 1.56. The number of hydrogen-bond acceptors (Lipinski definition) is 2. The predicted octanol–water partition coefficient (Wildman–Crippen LogP) is 3.56. The van der Waals surface area contributed by atoms with E-state index in [9.17, 15) is 5.11 Å². The Hall–Kier alpha value is -0.800. The van der Waals surface area contributed by atoms with E-state index in [1.54, 1.807) is 6.92 Å². The van der Waals surface area contributed by atoms with Crippen molar-refractivity contribution >= 4 is 26.9 Å². The topological polar surface area (TPSA) is 33.4 Å². The third-order valence-electron chi connectivity index (χ3n) is 2.30. The van der Waals surface area contributed by atoms with E-state index < -0.39 is 6.10 Å². The highest BCUT2D eigenvalue weighted by Crippen LogP contribution is 2.34. The van der Waals surface area contributed by atoms with Gasteiger partial charge in [0.15, 0.2) is 0 Å². The average molecular weight is 255 g/mol. The smallest absolute Gasteiger partial charge is 0.141 e. The van der Waals surface area contributed by atoms with Crippen molar-refractivity contribution in [2.75, 3.05) is 0 Å². The molecule has 0 aliphatic heterocycles. The van der Waals surface area contributed by atoms with Gasteiger partial charge in [-0.2, -0.15) is 0 Å². The summed E-state index contributed by atoms with van der Waals surface area (Å²) >= 11 is 3.46. The fraction of sp³-hybridized carbons (Fsp3) is 0.273. The molecular formula is C11H11BrO2. The van der Waals surface area contributed by atoms with Gasteiger partial charge in [0.2, 0.25) is 0 Å². The van der Waals surface area contributed by atoms with Gasteiger partial charge in [-0.15, -0.1) is 0 Å². The second-order valence-corrected chi connectivity index (χ2v) is 4.17. The minimum Gasteiger partial charge on any atom is -0.460 e. The Labute approximate surface area is 90.7 Å². The first kappa shape index (κ1) is 9.74. The van der Waals surface area contributed by atoms with Gasteiger partial charge in [-0.1, -0.05) is 12.1 Å². The molecule has 3 heteroatoms. The molecule has 1 heterocycles. The van der Waals surface area contributed by atoms with Gasteiger partial charge in [0.25, 0.3) is 0 Å². The van der Waals surface area contributed by atoms with Crippen LogP contribution in [0.2, 0.25) is 0 Å². The van der Waals surface area contributed by atoms with Crippen LogP contribution >= 0.6 is 15.9 Å². The van der Waals surface area contributed by atoms with Crippen LogP contribution in [0.15, 0.2) is 27.1 Å². The number of aliphatic hydroxyl groups excluding tert-OH is 1. The Morgan fingerprint density at radius 3 is 2.79 bits per heavy atom. The number of fused-ring (bicyclic) bond motifs is 1. The quantitative estimate of drug-likeness (QED) is 0.845. The number of aryl methyl sites for hydroxylation is 1. The van der Waals surface area contributed by atoms with Crippen molar-refractivity contribution in [1.29, 1.82) is 0 Å². The summed E-state index contributed by atoms with van der Waals surface area (Å²) in [6.45, 7) is 3.64. The summed E-state index contributed by atoms with van der Waals surface area (Å²) in [6.07, 6.45) is -0.504. The second-order valence-electron chi connectivity index (χ2n) is 3.37. The summed E-state index contributed by atoms with van der Waals surface area (Å²) < 4.78 is 6.55. The molecule has 74 valence electrons. The van der Waals surface area contributed by atoms with Crippen molar-refractivity contribution < 1.29 is 9.52 Å². The SMILES string of the molecule is Cc1oc2c([C@@H](C)O)cccc2c1Br. The molecule has 2 nitrogen and oxygen atoms in total. The van der Waals surface area contributed by atoms with Crippen molar-refractivity contribution in [3.8, 4) is 0 Å². The molecule has 1 aromatic carbocycles. The normalized spacial score (nSPS) is 13.4. The van der Waals surface area contributed by atoms with Gasteiger partial charge in [0, 0.05) is 10.9 Å². The van der Waals surface area contributed by atoms with E-state index in [-0.39, 0.29) is 0 Å². The van der Waals surface area contributed by atoms with E-state index in [4.69, 9.17) is 4.42 Å². The lowest BCUT2D eigenvalue weighted by Gasteiger charge is -2.03. The maximum atomic E-state index is 9.55. The molecule has 0 aliphatic rings. The third-order valence-corrected chi connectivity index (χ3v) is 3.28. The molecule has 2 aromatic rings. The van der Waals surface area contributed by atoms with Crippen molar-refractivity contribution in [2.45, 2.75) is 20.0 Å². The lowest BCUT2D eigenvalue weighted by Crippen LogP contribution is -1.90. The predicted molar refractivity (Wildman–Crippen MR) is 59.3 cm³/mol. The van der Waals surface area contributed by atoms with Gasteiger partial charge in [0.1, 0.15) is 11.3 Å². The Kier molecular flexibility index (Phi) is 2.37. The highest BCUT2D eigenvalue weighted by atomic mass is 79.9. The minimum absolute atomic E-state index is 0.504. The van der Waals surface area contributed by atoms with Gasteiger partial charge in [-0.3, -0.25) is 0 Å². The number of halogens is 1. The monoisotopic (exact) mass is 254 g/mol. The summed E-state index contributed by atoms with van der Waals surface area (Å²) in [5.74, 6) is 0.841. The zero-order valence-electron chi connectivity index (χ0n) is 8.04. The second kappa shape index (κ2) is 3.41. The fourth-order valence-corrected chi connectivity index (χ4v) is 1.95. The van der Waals surface area contributed by atoms with Gasteiger partial charge in [-0.25, -0.2) is 0 Å². The Bertz CT molecular complexity index is 471. The molecule has 0 fully saturated rings. The standard InChI is InChI=1S/C11H11BrO2/c1-6(13)8-4-3-5-9-10(12)7(2)14-11(8)9/h3-6,13H,1-2H3/t6-/m1/s1. The highest BCUT2D eigenvalue weighted by Gasteiger charge is 2.13. The number of rotatable bonds is 1. The largest absolute Gasteiger partial charge is 0.460 e. The van der Waals surface area contributed by atoms with Crippen LogP contribution in [0.5, 0.6) is 0 Å². The van der Waals surface area contributed by atoms with E-state index in [1.165, 1.54) is 0 Å². The third kappa shape index (κ3) is 1.37. The molecule has 0 spiro atoms. The van der Waals surface area contributed by atoms with Crippen molar-refractivity contribution in [1.82, 2.24) is 0 Å².